The van der Waals surface area contributed by atoms with Crippen molar-refractivity contribution in [3.63, 3.8) is 0 Å². The number of fused-ring (bicyclic) bond motifs is 1. The van der Waals surface area contributed by atoms with Gasteiger partial charge < -0.3 is 28.8 Å². The molecule has 2 saturated heterocycles. The summed E-state index contributed by atoms with van der Waals surface area (Å²) in [6.07, 6.45) is -0.117. The Bertz CT molecular complexity index is 820. The Hall–Kier alpha value is -2.44. The van der Waals surface area contributed by atoms with Gasteiger partial charge in [0.1, 0.15) is 0 Å². The first-order chi connectivity index (χ1) is 13.2. The summed E-state index contributed by atoms with van der Waals surface area (Å²) in [5, 5.41) is 9.84. The highest BCUT2D eigenvalue weighted by Crippen LogP contribution is 2.51. The Morgan fingerprint density at radius 1 is 0.741 bits per heavy atom. The second-order valence-corrected chi connectivity index (χ2v) is 6.88. The van der Waals surface area contributed by atoms with Crippen LogP contribution in [0.2, 0.25) is 0 Å². The van der Waals surface area contributed by atoms with E-state index in [9.17, 15) is 5.11 Å². The van der Waals surface area contributed by atoms with E-state index in [-0.39, 0.29) is 29.8 Å². The first kappa shape index (κ1) is 17.9. The number of phenols is 1. The maximum absolute atomic E-state index is 9.84. The molecule has 2 fully saturated rings. The predicted molar refractivity (Wildman–Crippen MR) is 98.6 cm³/mol. The molecule has 1 N–H and O–H groups in total. The maximum atomic E-state index is 9.84. The Balaban J connectivity index is 1.57. The minimum Gasteiger partial charge on any atom is -0.504 e. The largest absolute Gasteiger partial charge is 0.504 e. The van der Waals surface area contributed by atoms with Gasteiger partial charge in [0.15, 0.2) is 23.0 Å². The lowest BCUT2D eigenvalue weighted by molar-refractivity contribution is 0.0191. The lowest BCUT2D eigenvalue weighted by Gasteiger charge is -2.18. The van der Waals surface area contributed by atoms with Crippen molar-refractivity contribution in [2.24, 2.45) is 11.8 Å². The molecule has 4 atom stereocenters. The SMILES string of the molecule is COc1cc([C@@H]2OC[C@H]3[C@H]2CO[C@H]3c2ccc(OC)c(OC)c2)ccc1O. The second-order valence-electron chi connectivity index (χ2n) is 6.88. The van der Waals surface area contributed by atoms with E-state index in [1.165, 1.54) is 0 Å². The highest BCUT2D eigenvalue weighted by Gasteiger charge is 2.48. The van der Waals surface area contributed by atoms with Gasteiger partial charge in [-0.1, -0.05) is 12.1 Å². The van der Waals surface area contributed by atoms with Crippen LogP contribution in [0.15, 0.2) is 36.4 Å². The first-order valence-electron chi connectivity index (χ1n) is 8.98. The molecular formula is C21H24O6. The molecule has 0 saturated carbocycles. The molecule has 0 amide bonds. The number of hydrogen-bond acceptors (Lipinski definition) is 6. The number of rotatable bonds is 5. The number of hydrogen-bond donors (Lipinski definition) is 1. The van der Waals surface area contributed by atoms with E-state index in [4.69, 9.17) is 23.7 Å². The van der Waals surface area contributed by atoms with Crippen molar-refractivity contribution >= 4 is 0 Å². The lowest BCUT2D eigenvalue weighted by atomic mass is 9.85. The zero-order valence-corrected chi connectivity index (χ0v) is 15.7. The highest BCUT2D eigenvalue weighted by molar-refractivity contribution is 5.45. The quantitative estimate of drug-likeness (QED) is 0.867. The van der Waals surface area contributed by atoms with Crippen molar-refractivity contribution in [1.29, 1.82) is 0 Å². The van der Waals surface area contributed by atoms with Crippen molar-refractivity contribution in [2.45, 2.75) is 12.2 Å². The number of benzene rings is 2. The lowest BCUT2D eigenvalue weighted by Crippen LogP contribution is -2.14. The minimum atomic E-state index is -0.0744. The van der Waals surface area contributed by atoms with Gasteiger partial charge in [0.25, 0.3) is 0 Å². The molecule has 2 aromatic rings. The molecule has 2 aromatic carbocycles. The van der Waals surface area contributed by atoms with Crippen LogP contribution in [0.1, 0.15) is 23.3 Å². The molecule has 0 aliphatic carbocycles. The third-order valence-electron chi connectivity index (χ3n) is 5.53. The molecule has 0 radical (unpaired) electrons. The second kappa shape index (κ2) is 7.29. The standard InChI is InChI=1S/C21H24O6/c1-23-17-7-5-13(9-19(17)25-3)21-15-11-26-20(14(15)10-27-21)12-4-6-16(22)18(8-12)24-2/h4-9,14-15,20-22H,10-11H2,1-3H3/t14-,15+,20+,21+/m1/s1. The summed E-state index contributed by atoms with van der Waals surface area (Å²) in [5.74, 6) is 2.48. The molecule has 144 valence electrons. The van der Waals surface area contributed by atoms with Crippen LogP contribution in [0.3, 0.4) is 0 Å². The number of methoxy groups -OCH3 is 3. The summed E-state index contributed by atoms with van der Waals surface area (Å²) in [7, 11) is 4.80. The van der Waals surface area contributed by atoms with Gasteiger partial charge in [-0.15, -0.1) is 0 Å². The average Bonchev–Trinajstić information content (AvgIpc) is 3.30. The van der Waals surface area contributed by atoms with Gasteiger partial charge in [-0.3, -0.25) is 0 Å². The topological polar surface area (TPSA) is 66.4 Å². The molecule has 27 heavy (non-hydrogen) atoms. The van der Waals surface area contributed by atoms with Crippen molar-refractivity contribution in [2.75, 3.05) is 34.5 Å². The van der Waals surface area contributed by atoms with E-state index in [1.807, 2.05) is 30.3 Å². The molecule has 0 unspecified atom stereocenters. The molecule has 6 heteroatoms. The van der Waals surface area contributed by atoms with Crippen LogP contribution in [-0.2, 0) is 9.47 Å². The summed E-state index contributed by atoms with van der Waals surface area (Å²) >= 11 is 0. The molecule has 0 aromatic heterocycles. The van der Waals surface area contributed by atoms with Crippen molar-refractivity contribution in [3.05, 3.63) is 47.5 Å². The third kappa shape index (κ3) is 3.09. The average molecular weight is 372 g/mol. The Morgan fingerprint density at radius 2 is 1.26 bits per heavy atom. The van der Waals surface area contributed by atoms with Gasteiger partial charge in [0.05, 0.1) is 46.8 Å². The monoisotopic (exact) mass is 372 g/mol. The van der Waals surface area contributed by atoms with Gasteiger partial charge in [0.2, 0.25) is 0 Å². The zero-order valence-electron chi connectivity index (χ0n) is 15.7. The normalized spacial score (nSPS) is 26.6. The minimum absolute atomic E-state index is 0.0428. The smallest absolute Gasteiger partial charge is 0.161 e. The fourth-order valence-electron chi connectivity index (χ4n) is 4.14. The van der Waals surface area contributed by atoms with Crippen LogP contribution >= 0.6 is 0 Å². The number of aromatic hydroxyl groups is 1. The maximum Gasteiger partial charge on any atom is 0.161 e. The van der Waals surface area contributed by atoms with Crippen LogP contribution < -0.4 is 14.2 Å². The Morgan fingerprint density at radius 3 is 1.81 bits per heavy atom. The molecule has 0 spiro atoms. The van der Waals surface area contributed by atoms with Crippen molar-refractivity contribution in [1.82, 2.24) is 0 Å². The van der Waals surface area contributed by atoms with Crippen LogP contribution in [0.25, 0.3) is 0 Å². The number of ether oxygens (including phenoxy) is 5. The summed E-state index contributed by atoms with van der Waals surface area (Å²) < 4.78 is 28.3. The van der Waals surface area contributed by atoms with E-state index >= 15 is 0 Å². The van der Waals surface area contributed by atoms with Crippen molar-refractivity contribution < 1.29 is 28.8 Å². The van der Waals surface area contributed by atoms with E-state index in [2.05, 4.69) is 0 Å². The summed E-state index contributed by atoms with van der Waals surface area (Å²) in [5.41, 5.74) is 2.06. The molecule has 6 nitrogen and oxygen atoms in total. The van der Waals surface area contributed by atoms with Gasteiger partial charge in [-0.05, 0) is 35.4 Å². The fraction of sp³-hybridized carbons (Fsp3) is 0.429. The Labute approximate surface area is 158 Å². The van der Waals surface area contributed by atoms with Gasteiger partial charge >= 0.3 is 0 Å². The molecule has 4 rings (SSSR count). The van der Waals surface area contributed by atoms with Crippen LogP contribution in [-0.4, -0.2) is 39.6 Å². The fourth-order valence-corrected chi connectivity index (χ4v) is 4.14. The molecule has 2 aliphatic rings. The molecule has 2 aliphatic heterocycles. The molecule has 2 heterocycles. The molecular weight excluding hydrogens is 348 g/mol. The van der Waals surface area contributed by atoms with E-state index < -0.39 is 0 Å². The summed E-state index contributed by atoms with van der Waals surface area (Å²) in [4.78, 5) is 0. The van der Waals surface area contributed by atoms with Crippen LogP contribution in [0.4, 0.5) is 0 Å². The third-order valence-corrected chi connectivity index (χ3v) is 5.53. The molecule has 0 bridgehead atoms. The zero-order chi connectivity index (χ0) is 19.0. The van der Waals surface area contributed by atoms with Crippen LogP contribution in [0.5, 0.6) is 23.0 Å². The van der Waals surface area contributed by atoms with E-state index in [0.29, 0.717) is 30.5 Å². The van der Waals surface area contributed by atoms with Crippen molar-refractivity contribution in [3.8, 4) is 23.0 Å². The van der Waals surface area contributed by atoms with E-state index in [1.54, 1.807) is 27.4 Å². The van der Waals surface area contributed by atoms with Gasteiger partial charge in [-0.2, -0.15) is 0 Å². The summed E-state index contributed by atoms with van der Waals surface area (Å²) in [6.45, 7) is 1.25. The highest BCUT2D eigenvalue weighted by atomic mass is 16.5. The van der Waals surface area contributed by atoms with E-state index in [0.717, 1.165) is 11.1 Å². The van der Waals surface area contributed by atoms with Gasteiger partial charge in [0, 0.05) is 11.8 Å². The Kier molecular flexibility index (Phi) is 4.85. The number of phenolic OH excluding ortho intramolecular Hbond substituents is 1. The van der Waals surface area contributed by atoms with Crippen LogP contribution in [0, 0.1) is 11.8 Å². The summed E-state index contributed by atoms with van der Waals surface area (Å²) in [6, 6.07) is 11.3. The first-order valence-corrected chi connectivity index (χ1v) is 8.98. The predicted octanol–water partition coefficient (Wildman–Crippen LogP) is 3.49. The van der Waals surface area contributed by atoms with Gasteiger partial charge in [-0.25, -0.2) is 0 Å².